The van der Waals surface area contributed by atoms with E-state index in [0.29, 0.717) is 15.7 Å². The quantitative estimate of drug-likeness (QED) is 0.660. The summed E-state index contributed by atoms with van der Waals surface area (Å²) in [7, 11) is 0. The van der Waals surface area contributed by atoms with Crippen LogP contribution in [-0.2, 0) is 0 Å². The Morgan fingerprint density at radius 2 is 1.86 bits per heavy atom. The highest BCUT2D eigenvalue weighted by Gasteiger charge is 2.20. The molecule has 1 fully saturated rings. The molecule has 1 N–H and O–H groups in total. The van der Waals surface area contributed by atoms with Crippen molar-refractivity contribution in [2.45, 2.75) is 51.0 Å². The number of thiazole rings is 1. The van der Waals surface area contributed by atoms with Crippen molar-refractivity contribution in [1.29, 1.82) is 0 Å². The monoisotopic (exact) mass is 415 g/mol. The van der Waals surface area contributed by atoms with Gasteiger partial charge >= 0.3 is 0 Å². The molecule has 146 valence electrons. The standard InChI is InChI=1S/C21H22ClN3O2S/c22-17-11-7-6-10-15(17)18-13-28-21-23-12-16(20(27)25(18)21)19(26)24-14-8-4-2-1-3-5-9-14/h6-7,10-14H,1-5,8-9H2,(H,24,26). The zero-order valence-corrected chi connectivity index (χ0v) is 17.1. The van der Waals surface area contributed by atoms with E-state index in [1.807, 2.05) is 23.6 Å². The van der Waals surface area contributed by atoms with E-state index in [2.05, 4.69) is 10.3 Å². The van der Waals surface area contributed by atoms with E-state index in [4.69, 9.17) is 11.6 Å². The van der Waals surface area contributed by atoms with Gasteiger partial charge in [-0.15, -0.1) is 11.3 Å². The minimum Gasteiger partial charge on any atom is -0.349 e. The third kappa shape index (κ3) is 3.84. The van der Waals surface area contributed by atoms with E-state index in [1.54, 1.807) is 6.07 Å². The van der Waals surface area contributed by atoms with Crippen LogP contribution in [0.2, 0.25) is 5.02 Å². The number of rotatable bonds is 3. The Hall–Kier alpha value is -2.18. The Labute approximate surface area is 172 Å². The lowest BCUT2D eigenvalue weighted by Gasteiger charge is -2.20. The molecule has 1 aromatic carbocycles. The summed E-state index contributed by atoms with van der Waals surface area (Å²) in [5.41, 5.74) is 1.12. The molecule has 5 nitrogen and oxygen atoms in total. The van der Waals surface area contributed by atoms with Crippen LogP contribution in [-0.4, -0.2) is 21.3 Å². The van der Waals surface area contributed by atoms with Crippen molar-refractivity contribution in [1.82, 2.24) is 14.7 Å². The molecular weight excluding hydrogens is 394 g/mol. The van der Waals surface area contributed by atoms with Gasteiger partial charge < -0.3 is 5.32 Å². The lowest BCUT2D eigenvalue weighted by molar-refractivity contribution is 0.0928. The summed E-state index contributed by atoms with van der Waals surface area (Å²) in [4.78, 5) is 30.8. The second-order valence-electron chi connectivity index (χ2n) is 7.21. The fraction of sp³-hybridized carbons (Fsp3) is 0.381. The number of halogens is 1. The summed E-state index contributed by atoms with van der Waals surface area (Å²) in [5.74, 6) is -0.339. The van der Waals surface area contributed by atoms with Gasteiger partial charge in [0.25, 0.3) is 11.5 Å². The molecule has 0 bridgehead atoms. The van der Waals surface area contributed by atoms with Gasteiger partial charge in [-0.1, -0.05) is 61.9 Å². The maximum Gasteiger partial charge on any atom is 0.271 e. The predicted octanol–water partition coefficient (Wildman–Crippen LogP) is 4.92. The molecule has 1 aliphatic carbocycles. The zero-order valence-electron chi connectivity index (χ0n) is 15.5. The fourth-order valence-electron chi connectivity index (χ4n) is 3.77. The largest absolute Gasteiger partial charge is 0.349 e. The maximum atomic E-state index is 13.1. The van der Waals surface area contributed by atoms with Gasteiger partial charge in [0.15, 0.2) is 4.96 Å². The molecule has 0 aliphatic heterocycles. The number of aromatic nitrogens is 2. The molecule has 0 radical (unpaired) electrons. The van der Waals surface area contributed by atoms with Crippen LogP contribution < -0.4 is 10.9 Å². The van der Waals surface area contributed by atoms with Crippen molar-refractivity contribution in [3.05, 3.63) is 56.8 Å². The van der Waals surface area contributed by atoms with Crippen molar-refractivity contribution >= 4 is 33.8 Å². The van der Waals surface area contributed by atoms with Gasteiger partial charge in [-0.2, -0.15) is 0 Å². The van der Waals surface area contributed by atoms with Crippen molar-refractivity contribution < 1.29 is 4.79 Å². The molecule has 28 heavy (non-hydrogen) atoms. The van der Waals surface area contributed by atoms with Crippen molar-refractivity contribution in [3.8, 4) is 11.3 Å². The Morgan fingerprint density at radius 3 is 2.61 bits per heavy atom. The normalized spacial score (nSPS) is 15.9. The highest BCUT2D eigenvalue weighted by atomic mass is 35.5. The molecule has 2 aromatic heterocycles. The van der Waals surface area contributed by atoms with E-state index in [9.17, 15) is 9.59 Å². The lowest BCUT2D eigenvalue weighted by Crippen LogP contribution is -2.38. The van der Waals surface area contributed by atoms with Crippen LogP contribution in [0.15, 0.2) is 40.6 Å². The van der Waals surface area contributed by atoms with Gasteiger partial charge in [0.05, 0.1) is 5.69 Å². The molecule has 1 saturated carbocycles. The average Bonchev–Trinajstić information content (AvgIpc) is 3.09. The van der Waals surface area contributed by atoms with E-state index >= 15 is 0 Å². The molecule has 1 aliphatic rings. The number of benzene rings is 1. The minimum atomic E-state index is -0.357. The molecule has 0 unspecified atom stereocenters. The van der Waals surface area contributed by atoms with Gasteiger partial charge in [0.2, 0.25) is 0 Å². The van der Waals surface area contributed by atoms with Gasteiger partial charge in [-0.3, -0.25) is 14.0 Å². The average molecular weight is 416 g/mol. The molecule has 3 aromatic rings. The third-order valence-electron chi connectivity index (χ3n) is 5.28. The first kappa shape index (κ1) is 19.2. The second-order valence-corrected chi connectivity index (χ2v) is 8.46. The molecular formula is C21H22ClN3O2S. The fourth-order valence-corrected chi connectivity index (χ4v) is 4.85. The molecule has 2 heterocycles. The van der Waals surface area contributed by atoms with Crippen LogP contribution in [0.1, 0.15) is 55.3 Å². The van der Waals surface area contributed by atoms with E-state index in [1.165, 1.54) is 41.2 Å². The highest BCUT2D eigenvalue weighted by Crippen LogP contribution is 2.30. The molecule has 4 rings (SSSR count). The minimum absolute atomic E-state index is 0.0752. The first-order valence-electron chi connectivity index (χ1n) is 9.70. The third-order valence-corrected chi connectivity index (χ3v) is 6.45. The summed E-state index contributed by atoms with van der Waals surface area (Å²) < 4.78 is 1.49. The number of nitrogens with zero attached hydrogens (tertiary/aromatic N) is 2. The second kappa shape index (κ2) is 8.45. The summed E-state index contributed by atoms with van der Waals surface area (Å²) in [6.07, 6.45) is 9.23. The van der Waals surface area contributed by atoms with E-state index in [0.717, 1.165) is 31.2 Å². The van der Waals surface area contributed by atoms with Gasteiger partial charge in [0, 0.05) is 28.2 Å². The van der Waals surface area contributed by atoms with Crippen molar-refractivity contribution in [2.75, 3.05) is 0 Å². The molecule has 0 spiro atoms. The van der Waals surface area contributed by atoms with Crippen molar-refractivity contribution in [3.63, 3.8) is 0 Å². The van der Waals surface area contributed by atoms with Crippen molar-refractivity contribution in [2.24, 2.45) is 0 Å². The molecule has 1 amide bonds. The SMILES string of the molecule is O=C(NC1CCCCCCC1)c1cnc2scc(-c3ccccc3Cl)n2c1=O. The topological polar surface area (TPSA) is 63.5 Å². The van der Waals surface area contributed by atoms with Crippen LogP contribution in [0.3, 0.4) is 0 Å². The predicted molar refractivity (Wildman–Crippen MR) is 113 cm³/mol. The first-order valence-corrected chi connectivity index (χ1v) is 11.0. The smallest absolute Gasteiger partial charge is 0.271 e. The van der Waals surface area contributed by atoms with Gasteiger partial charge in [0.1, 0.15) is 5.56 Å². The first-order chi connectivity index (χ1) is 13.6. The Bertz CT molecular complexity index is 1050. The number of carbonyl (C=O) groups is 1. The maximum absolute atomic E-state index is 13.1. The molecule has 0 saturated heterocycles. The number of amides is 1. The Kier molecular flexibility index (Phi) is 5.78. The summed E-state index contributed by atoms with van der Waals surface area (Å²) >= 11 is 7.67. The van der Waals surface area contributed by atoms with Gasteiger partial charge in [-0.05, 0) is 18.9 Å². The van der Waals surface area contributed by atoms with Crippen LogP contribution in [0, 0.1) is 0 Å². The lowest BCUT2D eigenvalue weighted by atomic mass is 9.96. The van der Waals surface area contributed by atoms with Crippen LogP contribution >= 0.6 is 22.9 Å². The molecule has 0 atom stereocenters. The summed E-state index contributed by atoms with van der Waals surface area (Å²) in [6, 6.07) is 7.48. The Morgan fingerprint density at radius 1 is 1.14 bits per heavy atom. The molecule has 7 heteroatoms. The number of hydrogen-bond donors (Lipinski definition) is 1. The number of fused-ring (bicyclic) bond motifs is 1. The number of hydrogen-bond acceptors (Lipinski definition) is 4. The number of carbonyl (C=O) groups excluding carboxylic acids is 1. The zero-order chi connectivity index (χ0) is 19.5. The van der Waals surface area contributed by atoms with Crippen LogP contribution in [0.5, 0.6) is 0 Å². The summed E-state index contributed by atoms with van der Waals surface area (Å²) in [6.45, 7) is 0. The summed E-state index contributed by atoms with van der Waals surface area (Å²) in [5, 5.41) is 5.46. The van der Waals surface area contributed by atoms with E-state index < -0.39 is 0 Å². The van der Waals surface area contributed by atoms with Crippen LogP contribution in [0.25, 0.3) is 16.2 Å². The van der Waals surface area contributed by atoms with Gasteiger partial charge in [-0.25, -0.2) is 4.98 Å². The highest BCUT2D eigenvalue weighted by molar-refractivity contribution is 7.15. The van der Waals surface area contributed by atoms with Crippen LogP contribution in [0.4, 0.5) is 0 Å². The van der Waals surface area contributed by atoms with E-state index in [-0.39, 0.29) is 23.1 Å². The Balaban J connectivity index is 1.67. The number of nitrogens with one attached hydrogen (secondary N) is 1.